The van der Waals surface area contributed by atoms with Gasteiger partial charge in [-0.15, -0.1) is 0 Å². The van der Waals surface area contributed by atoms with E-state index in [0.717, 1.165) is 0 Å². The summed E-state index contributed by atoms with van der Waals surface area (Å²) in [5, 5.41) is 5.09. The number of methoxy groups -OCH3 is 2. The Kier molecular flexibility index (Phi) is 5.66. The summed E-state index contributed by atoms with van der Waals surface area (Å²) >= 11 is 0. The van der Waals surface area contributed by atoms with E-state index in [4.69, 9.17) is 9.47 Å². The molecule has 1 fully saturated rings. The number of sulfone groups is 1. The maximum Gasteiger partial charge on any atom is 0.259 e. The number of carbonyl (C=O) groups is 2. The van der Waals surface area contributed by atoms with Gasteiger partial charge in [-0.3, -0.25) is 9.59 Å². The monoisotopic (exact) mass is 356 g/mol. The quantitative estimate of drug-likeness (QED) is 0.726. The molecule has 1 aliphatic rings. The number of carbonyl (C=O) groups excluding carboxylic acids is 2. The molecular weight excluding hydrogens is 336 g/mol. The zero-order valence-corrected chi connectivity index (χ0v) is 14.3. The normalized spacial score (nSPS) is 18.7. The van der Waals surface area contributed by atoms with Crippen molar-refractivity contribution in [3.05, 3.63) is 23.8 Å². The van der Waals surface area contributed by atoms with Crippen LogP contribution in [0, 0.1) is 0 Å². The van der Waals surface area contributed by atoms with Crippen LogP contribution in [-0.4, -0.2) is 58.5 Å². The lowest BCUT2D eigenvalue weighted by Crippen LogP contribution is -2.42. The van der Waals surface area contributed by atoms with Crippen molar-refractivity contribution < 1.29 is 27.5 Å². The first-order valence-electron chi connectivity index (χ1n) is 7.35. The number of hydrogen-bond acceptors (Lipinski definition) is 6. The molecule has 0 aromatic heterocycles. The highest BCUT2D eigenvalue weighted by atomic mass is 32.2. The van der Waals surface area contributed by atoms with Gasteiger partial charge >= 0.3 is 0 Å². The third kappa shape index (κ3) is 4.38. The van der Waals surface area contributed by atoms with E-state index in [2.05, 4.69) is 10.6 Å². The van der Waals surface area contributed by atoms with Gasteiger partial charge in [0, 0.05) is 6.04 Å². The third-order valence-corrected chi connectivity index (χ3v) is 5.43. The van der Waals surface area contributed by atoms with Gasteiger partial charge in [0.05, 0.1) is 32.3 Å². The molecular formula is C15H20N2O6S. The van der Waals surface area contributed by atoms with Crippen LogP contribution in [0.5, 0.6) is 11.5 Å². The Morgan fingerprint density at radius 1 is 1.21 bits per heavy atom. The summed E-state index contributed by atoms with van der Waals surface area (Å²) < 4.78 is 33.0. The van der Waals surface area contributed by atoms with Gasteiger partial charge in [0.15, 0.2) is 9.84 Å². The molecule has 0 saturated carbocycles. The number of benzene rings is 1. The molecule has 0 aliphatic carbocycles. The maximum absolute atomic E-state index is 12.3. The molecule has 1 saturated heterocycles. The lowest BCUT2D eigenvalue weighted by atomic mass is 10.1. The van der Waals surface area contributed by atoms with E-state index in [0.29, 0.717) is 17.9 Å². The molecule has 2 amide bonds. The minimum Gasteiger partial charge on any atom is -0.496 e. The summed E-state index contributed by atoms with van der Waals surface area (Å²) in [6, 6.07) is 4.50. The Morgan fingerprint density at radius 3 is 2.33 bits per heavy atom. The third-order valence-electron chi connectivity index (χ3n) is 3.66. The van der Waals surface area contributed by atoms with E-state index in [1.807, 2.05) is 0 Å². The van der Waals surface area contributed by atoms with Crippen LogP contribution in [0.2, 0.25) is 0 Å². The standard InChI is InChI=1S/C15H20N2O6S/c1-22-11-4-3-5-12(23-2)14(11)15(19)16-8-13(18)17-10-6-7-24(20,21)9-10/h3-5,10H,6-9H2,1-2H3,(H,16,19)(H,17,18). The van der Waals surface area contributed by atoms with Gasteiger partial charge in [-0.1, -0.05) is 6.07 Å². The van der Waals surface area contributed by atoms with Gasteiger partial charge in [-0.25, -0.2) is 8.42 Å². The fraction of sp³-hybridized carbons (Fsp3) is 0.467. The maximum atomic E-state index is 12.3. The predicted octanol–water partition coefficient (Wildman–Crippen LogP) is -0.263. The van der Waals surface area contributed by atoms with Crippen molar-refractivity contribution in [2.75, 3.05) is 32.3 Å². The smallest absolute Gasteiger partial charge is 0.259 e. The number of amides is 2. The van der Waals surface area contributed by atoms with E-state index in [1.165, 1.54) is 14.2 Å². The number of nitrogens with one attached hydrogen (secondary N) is 2. The largest absolute Gasteiger partial charge is 0.496 e. The molecule has 0 spiro atoms. The van der Waals surface area contributed by atoms with Crippen molar-refractivity contribution in [2.24, 2.45) is 0 Å². The highest BCUT2D eigenvalue weighted by Gasteiger charge is 2.29. The second-order valence-corrected chi connectivity index (χ2v) is 7.62. The van der Waals surface area contributed by atoms with Gasteiger partial charge in [-0.2, -0.15) is 0 Å². The Labute approximate surface area is 140 Å². The van der Waals surface area contributed by atoms with Crippen LogP contribution in [0.1, 0.15) is 16.8 Å². The van der Waals surface area contributed by atoms with E-state index in [1.54, 1.807) is 18.2 Å². The zero-order chi connectivity index (χ0) is 17.7. The summed E-state index contributed by atoms with van der Waals surface area (Å²) in [6.45, 7) is -0.267. The molecule has 0 radical (unpaired) electrons. The van der Waals surface area contributed by atoms with Crippen molar-refractivity contribution in [1.82, 2.24) is 10.6 Å². The highest BCUT2D eigenvalue weighted by molar-refractivity contribution is 7.91. The molecule has 0 bridgehead atoms. The van der Waals surface area contributed by atoms with E-state index in [9.17, 15) is 18.0 Å². The Hall–Kier alpha value is -2.29. The lowest BCUT2D eigenvalue weighted by Gasteiger charge is -2.14. The number of hydrogen-bond donors (Lipinski definition) is 2. The van der Waals surface area contributed by atoms with Crippen molar-refractivity contribution in [3.63, 3.8) is 0 Å². The molecule has 132 valence electrons. The predicted molar refractivity (Wildman–Crippen MR) is 87.1 cm³/mol. The van der Waals surface area contributed by atoms with Crippen LogP contribution in [0.25, 0.3) is 0 Å². The molecule has 2 rings (SSSR count). The van der Waals surface area contributed by atoms with Crippen molar-refractivity contribution >= 4 is 21.7 Å². The molecule has 1 atom stereocenters. The molecule has 9 heteroatoms. The topological polar surface area (TPSA) is 111 Å². The van der Waals surface area contributed by atoms with Gasteiger partial charge in [0.2, 0.25) is 5.91 Å². The fourth-order valence-corrected chi connectivity index (χ4v) is 4.18. The van der Waals surface area contributed by atoms with Crippen LogP contribution in [0.3, 0.4) is 0 Å². The average molecular weight is 356 g/mol. The first-order valence-corrected chi connectivity index (χ1v) is 9.17. The fourth-order valence-electron chi connectivity index (χ4n) is 2.51. The van der Waals surface area contributed by atoms with Crippen molar-refractivity contribution in [1.29, 1.82) is 0 Å². The van der Waals surface area contributed by atoms with E-state index in [-0.39, 0.29) is 23.6 Å². The summed E-state index contributed by atoms with van der Waals surface area (Å²) in [7, 11) is -0.210. The molecule has 24 heavy (non-hydrogen) atoms. The van der Waals surface area contributed by atoms with Gasteiger partial charge in [0.25, 0.3) is 5.91 Å². The lowest BCUT2D eigenvalue weighted by molar-refractivity contribution is -0.120. The molecule has 1 aromatic rings. The molecule has 1 aromatic carbocycles. The Morgan fingerprint density at radius 2 is 1.83 bits per heavy atom. The molecule has 1 aliphatic heterocycles. The molecule has 1 unspecified atom stereocenters. The molecule has 8 nitrogen and oxygen atoms in total. The van der Waals surface area contributed by atoms with Crippen molar-refractivity contribution in [2.45, 2.75) is 12.5 Å². The Bertz CT molecular complexity index is 709. The summed E-state index contributed by atoms with van der Waals surface area (Å²) in [5.41, 5.74) is 0.193. The van der Waals surface area contributed by atoms with E-state index >= 15 is 0 Å². The number of rotatable bonds is 6. The minimum absolute atomic E-state index is 0.0625. The van der Waals surface area contributed by atoms with Crippen LogP contribution >= 0.6 is 0 Å². The molecule has 1 heterocycles. The SMILES string of the molecule is COc1cccc(OC)c1C(=O)NCC(=O)NC1CCS(=O)(=O)C1. The number of ether oxygens (including phenoxy) is 2. The van der Waals surface area contributed by atoms with Crippen LogP contribution < -0.4 is 20.1 Å². The second-order valence-electron chi connectivity index (χ2n) is 5.39. The summed E-state index contributed by atoms with van der Waals surface area (Å²) in [6.07, 6.45) is 0.391. The first-order chi connectivity index (χ1) is 11.4. The van der Waals surface area contributed by atoms with Crippen LogP contribution in [0.4, 0.5) is 0 Å². The van der Waals surface area contributed by atoms with Gasteiger partial charge in [-0.05, 0) is 18.6 Å². The highest BCUT2D eigenvalue weighted by Crippen LogP contribution is 2.27. The second kappa shape index (κ2) is 7.52. The van der Waals surface area contributed by atoms with Gasteiger partial charge < -0.3 is 20.1 Å². The Balaban J connectivity index is 1.95. The van der Waals surface area contributed by atoms with Crippen LogP contribution in [-0.2, 0) is 14.6 Å². The summed E-state index contributed by atoms with van der Waals surface area (Å²) in [4.78, 5) is 24.2. The van der Waals surface area contributed by atoms with E-state index < -0.39 is 27.7 Å². The molecule has 2 N–H and O–H groups in total. The first kappa shape index (κ1) is 18.1. The van der Waals surface area contributed by atoms with Crippen LogP contribution in [0.15, 0.2) is 18.2 Å². The zero-order valence-electron chi connectivity index (χ0n) is 13.5. The van der Waals surface area contributed by atoms with Gasteiger partial charge in [0.1, 0.15) is 17.1 Å². The average Bonchev–Trinajstić information content (AvgIpc) is 2.90. The van der Waals surface area contributed by atoms with Crippen molar-refractivity contribution in [3.8, 4) is 11.5 Å². The summed E-state index contributed by atoms with van der Waals surface area (Å²) in [5.74, 6) is -0.295. The minimum atomic E-state index is -3.07.